The topological polar surface area (TPSA) is 76.1 Å². The summed E-state index contributed by atoms with van der Waals surface area (Å²) in [6, 6.07) is 6.31. The van der Waals surface area contributed by atoms with Crippen molar-refractivity contribution in [2.75, 3.05) is 13.7 Å². The molecule has 1 aliphatic rings. The van der Waals surface area contributed by atoms with Crippen LogP contribution in [-0.4, -0.2) is 47.4 Å². The Balaban J connectivity index is 2.21. The van der Waals surface area contributed by atoms with Crippen LogP contribution in [0.15, 0.2) is 24.3 Å². The van der Waals surface area contributed by atoms with E-state index in [1.165, 1.54) is 7.11 Å². The monoisotopic (exact) mass is 349 g/mol. The van der Waals surface area contributed by atoms with Gasteiger partial charge in [-0.25, -0.2) is 9.59 Å². The lowest BCUT2D eigenvalue weighted by atomic mass is 9.92. The summed E-state index contributed by atoms with van der Waals surface area (Å²) < 4.78 is 10.2. The molecule has 6 nitrogen and oxygen atoms in total. The fourth-order valence-corrected chi connectivity index (χ4v) is 3.02. The number of carbonyl (C=O) groups excluding carboxylic acids is 2. The van der Waals surface area contributed by atoms with E-state index in [0.29, 0.717) is 24.1 Å². The molecule has 0 radical (unpaired) electrons. The Labute approximate surface area is 148 Å². The third-order valence-electron chi connectivity index (χ3n) is 4.19. The molecule has 1 aliphatic heterocycles. The van der Waals surface area contributed by atoms with Gasteiger partial charge in [0.1, 0.15) is 5.60 Å². The van der Waals surface area contributed by atoms with Gasteiger partial charge in [-0.05, 0) is 57.7 Å². The van der Waals surface area contributed by atoms with Crippen LogP contribution in [0.1, 0.15) is 62.1 Å². The Kier molecular flexibility index (Phi) is 6.06. The average Bonchev–Trinajstić information content (AvgIpc) is 2.59. The van der Waals surface area contributed by atoms with Crippen molar-refractivity contribution in [3.05, 3.63) is 35.4 Å². The molecular formula is C19H27NO5. The fraction of sp³-hybridized carbons (Fsp3) is 0.579. The molecule has 1 N–H and O–H groups in total. The standard InChI is InChI=1S/C19H27NO5/c1-19(2,3)25-18(23)20-11-6-5-10-15(20)16(21)13-8-7-9-14(12-13)17(22)24-4/h7-9,12,15-16,21H,5-6,10-11H2,1-4H3. The lowest BCUT2D eigenvalue weighted by Crippen LogP contribution is -2.48. The summed E-state index contributed by atoms with van der Waals surface area (Å²) in [6.07, 6.45) is 1.18. The number of esters is 1. The Morgan fingerprint density at radius 2 is 2.00 bits per heavy atom. The van der Waals surface area contributed by atoms with Gasteiger partial charge in [-0.1, -0.05) is 12.1 Å². The predicted octanol–water partition coefficient (Wildman–Crippen LogP) is 3.30. The van der Waals surface area contributed by atoms with Gasteiger partial charge in [0, 0.05) is 6.54 Å². The fourth-order valence-electron chi connectivity index (χ4n) is 3.02. The molecule has 2 rings (SSSR count). The summed E-state index contributed by atoms with van der Waals surface area (Å²) in [7, 11) is 1.32. The second kappa shape index (κ2) is 7.87. The van der Waals surface area contributed by atoms with Gasteiger partial charge in [-0.2, -0.15) is 0 Å². The number of rotatable bonds is 3. The molecule has 2 atom stereocenters. The molecule has 25 heavy (non-hydrogen) atoms. The minimum atomic E-state index is -0.891. The van der Waals surface area contributed by atoms with Gasteiger partial charge in [-0.15, -0.1) is 0 Å². The maximum absolute atomic E-state index is 12.5. The molecule has 2 unspecified atom stereocenters. The molecule has 0 aromatic heterocycles. The summed E-state index contributed by atoms with van der Waals surface area (Å²) in [5, 5.41) is 10.8. The molecule has 1 aromatic rings. The number of benzene rings is 1. The maximum Gasteiger partial charge on any atom is 0.410 e. The second-order valence-corrected chi connectivity index (χ2v) is 7.30. The molecule has 1 saturated heterocycles. The number of aliphatic hydroxyl groups excluding tert-OH is 1. The highest BCUT2D eigenvalue weighted by Crippen LogP contribution is 2.30. The van der Waals surface area contributed by atoms with Crippen molar-refractivity contribution in [2.45, 2.75) is 57.8 Å². The average molecular weight is 349 g/mol. The lowest BCUT2D eigenvalue weighted by Gasteiger charge is -2.39. The van der Waals surface area contributed by atoms with Gasteiger partial charge in [-0.3, -0.25) is 0 Å². The van der Waals surface area contributed by atoms with E-state index >= 15 is 0 Å². The first-order chi connectivity index (χ1) is 11.7. The number of ether oxygens (including phenoxy) is 2. The summed E-state index contributed by atoms with van der Waals surface area (Å²) in [6.45, 7) is 6.01. The number of carbonyl (C=O) groups is 2. The van der Waals surface area contributed by atoms with Crippen LogP contribution in [-0.2, 0) is 9.47 Å². The summed E-state index contributed by atoms with van der Waals surface area (Å²) in [5.74, 6) is -0.457. The van der Waals surface area contributed by atoms with E-state index in [-0.39, 0.29) is 6.04 Å². The minimum Gasteiger partial charge on any atom is -0.465 e. The number of amides is 1. The van der Waals surface area contributed by atoms with Gasteiger partial charge in [0.25, 0.3) is 0 Å². The number of piperidine rings is 1. The molecule has 0 bridgehead atoms. The van der Waals surface area contributed by atoms with Crippen LogP contribution in [0.3, 0.4) is 0 Å². The van der Waals surface area contributed by atoms with Crippen molar-refractivity contribution in [3.8, 4) is 0 Å². The molecule has 1 fully saturated rings. The first-order valence-electron chi connectivity index (χ1n) is 8.59. The maximum atomic E-state index is 12.5. The zero-order chi connectivity index (χ0) is 18.6. The highest BCUT2D eigenvalue weighted by molar-refractivity contribution is 5.89. The number of hydrogen-bond donors (Lipinski definition) is 1. The zero-order valence-electron chi connectivity index (χ0n) is 15.3. The smallest absolute Gasteiger partial charge is 0.410 e. The van der Waals surface area contributed by atoms with Crippen LogP contribution >= 0.6 is 0 Å². The molecule has 0 saturated carbocycles. The molecule has 1 aromatic carbocycles. The Hall–Kier alpha value is -2.08. The van der Waals surface area contributed by atoms with E-state index in [9.17, 15) is 14.7 Å². The number of nitrogens with zero attached hydrogens (tertiary/aromatic N) is 1. The number of methoxy groups -OCH3 is 1. The summed E-state index contributed by atoms with van der Waals surface area (Å²) in [5.41, 5.74) is 0.372. The normalized spacial score (nSPS) is 19.2. The third-order valence-corrected chi connectivity index (χ3v) is 4.19. The van der Waals surface area contributed by atoms with E-state index in [4.69, 9.17) is 9.47 Å². The summed E-state index contributed by atoms with van der Waals surface area (Å²) in [4.78, 5) is 25.8. The second-order valence-electron chi connectivity index (χ2n) is 7.30. The number of likely N-dealkylation sites (tertiary alicyclic amines) is 1. The van der Waals surface area contributed by atoms with Crippen LogP contribution in [0.5, 0.6) is 0 Å². The molecule has 6 heteroatoms. The molecule has 1 amide bonds. The first kappa shape index (κ1) is 19.2. The van der Waals surface area contributed by atoms with Crippen molar-refractivity contribution < 1.29 is 24.2 Å². The predicted molar refractivity (Wildman–Crippen MR) is 93.3 cm³/mol. The van der Waals surface area contributed by atoms with E-state index in [1.807, 2.05) is 20.8 Å². The van der Waals surface area contributed by atoms with Crippen LogP contribution < -0.4 is 0 Å². The van der Waals surface area contributed by atoms with Crippen molar-refractivity contribution in [2.24, 2.45) is 0 Å². The molecular weight excluding hydrogens is 322 g/mol. The van der Waals surface area contributed by atoms with Crippen molar-refractivity contribution >= 4 is 12.1 Å². The van der Waals surface area contributed by atoms with Gasteiger partial charge in [0.2, 0.25) is 0 Å². The Morgan fingerprint density at radius 1 is 1.28 bits per heavy atom. The third kappa shape index (κ3) is 4.95. The van der Waals surface area contributed by atoms with Crippen LogP contribution in [0.4, 0.5) is 4.79 Å². The van der Waals surface area contributed by atoms with E-state index < -0.39 is 23.8 Å². The van der Waals surface area contributed by atoms with E-state index in [1.54, 1.807) is 29.2 Å². The molecule has 0 aliphatic carbocycles. The highest BCUT2D eigenvalue weighted by atomic mass is 16.6. The number of hydrogen-bond acceptors (Lipinski definition) is 5. The van der Waals surface area contributed by atoms with Gasteiger partial charge < -0.3 is 19.5 Å². The zero-order valence-corrected chi connectivity index (χ0v) is 15.3. The lowest BCUT2D eigenvalue weighted by molar-refractivity contribution is -0.0169. The van der Waals surface area contributed by atoms with Crippen molar-refractivity contribution in [1.29, 1.82) is 0 Å². The number of aliphatic hydroxyl groups is 1. The minimum absolute atomic E-state index is 0.374. The molecule has 138 valence electrons. The van der Waals surface area contributed by atoms with Crippen molar-refractivity contribution in [1.82, 2.24) is 4.90 Å². The molecule has 0 spiro atoms. The highest BCUT2D eigenvalue weighted by Gasteiger charge is 2.35. The summed E-state index contributed by atoms with van der Waals surface area (Å²) >= 11 is 0. The van der Waals surface area contributed by atoms with E-state index in [0.717, 1.165) is 12.8 Å². The van der Waals surface area contributed by atoms with Crippen LogP contribution in [0.2, 0.25) is 0 Å². The van der Waals surface area contributed by atoms with E-state index in [2.05, 4.69) is 0 Å². The van der Waals surface area contributed by atoms with Gasteiger partial charge >= 0.3 is 12.1 Å². The first-order valence-corrected chi connectivity index (χ1v) is 8.59. The molecule has 1 heterocycles. The van der Waals surface area contributed by atoms with Gasteiger partial charge in [0.05, 0.1) is 24.8 Å². The quantitative estimate of drug-likeness (QED) is 0.848. The Morgan fingerprint density at radius 3 is 2.64 bits per heavy atom. The largest absolute Gasteiger partial charge is 0.465 e. The van der Waals surface area contributed by atoms with Gasteiger partial charge in [0.15, 0.2) is 0 Å². The van der Waals surface area contributed by atoms with Crippen LogP contribution in [0, 0.1) is 0 Å². The van der Waals surface area contributed by atoms with Crippen molar-refractivity contribution in [3.63, 3.8) is 0 Å². The van der Waals surface area contributed by atoms with Crippen LogP contribution in [0.25, 0.3) is 0 Å². The Bertz CT molecular complexity index is 622. The SMILES string of the molecule is COC(=O)c1cccc(C(O)C2CCCCN2C(=O)OC(C)(C)C)c1.